The van der Waals surface area contributed by atoms with Crippen LogP contribution in [0.25, 0.3) is 0 Å². The van der Waals surface area contributed by atoms with Gasteiger partial charge < -0.3 is 10.6 Å². The number of hydrogen-bond acceptors (Lipinski definition) is 2. The van der Waals surface area contributed by atoms with E-state index in [4.69, 9.17) is 5.73 Å². The summed E-state index contributed by atoms with van der Waals surface area (Å²) in [5.41, 5.74) is 6.30. The van der Waals surface area contributed by atoms with Crippen molar-refractivity contribution in [1.82, 2.24) is 4.90 Å². The molecule has 1 atom stereocenters. The molecule has 0 aromatic heterocycles. The Kier molecular flexibility index (Phi) is 2.13. The van der Waals surface area contributed by atoms with Crippen LogP contribution in [-0.2, 0) is 0 Å². The molecule has 1 heterocycles. The summed E-state index contributed by atoms with van der Waals surface area (Å²) >= 11 is 0. The first-order valence-corrected chi connectivity index (χ1v) is 5.23. The lowest BCUT2D eigenvalue weighted by Gasteiger charge is -2.19. The van der Waals surface area contributed by atoms with Gasteiger partial charge in [0.25, 0.3) is 0 Å². The van der Waals surface area contributed by atoms with Crippen LogP contribution in [0.1, 0.15) is 32.6 Å². The normalized spacial score (nSPS) is 34.0. The van der Waals surface area contributed by atoms with Crippen molar-refractivity contribution < 1.29 is 0 Å². The van der Waals surface area contributed by atoms with Gasteiger partial charge in [-0.15, -0.1) is 0 Å². The van der Waals surface area contributed by atoms with Crippen LogP contribution in [0, 0.1) is 5.92 Å². The minimum Gasteiger partial charge on any atom is -0.324 e. The molecule has 2 rings (SSSR count). The van der Waals surface area contributed by atoms with Gasteiger partial charge >= 0.3 is 0 Å². The molecule has 1 saturated carbocycles. The summed E-state index contributed by atoms with van der Waals surface area (Å²) in [4.78, 5) is 2.56. The van der Waals surface area contributed by atoms with E-state index in [2.05, 4.69) is 11.8 Å². The van der Waals surface area contributed by atoms with Crippen molar-refractivity contribution in [3.63, 3.8) is 0 Å². The van der Waals surface area contributed by atoms with Gasteiger partial charge in [0.1, 0.15) is 0 Å². The SMILES string of the molecule is CCC1CCN(CC2(N)CC2)C1. The minimum atomic E-state index is 0.225. The molecule has 0 radical (unpaired) electrons. The number of likely N-dealkylation sites (tertiary alicyclic amines) is 1. The molecule has 1 aliphatic carbocycles. The highest BCUT2D eigenvalue weighted by molar-refractivity contribution is 5.01. The van der Waals surface area contributed by atoms with Crippen molar-refractivity contribution >= 4 is 0 Å². The second-order valence-corrected chi connectivity index (χ2v) is 4.66. The minimum absolute atomic E-state index is 0.225. The van der Waals surface area contributed by atoms with E-state index in [-0.39, 0.29) is 5.54 Å². The second-order valence-electron chi connectivity index (χ2n) is 4.66. The Balaban J connectivity index is 1.76. The lowest BCUT2D eigenvalue weighted by molar-refractivity contribution is 0.293. The van der Waals surface area contributed by atoms with Gasteiger partial charge in [-0.25, -0.2) is 0 Å². The van der Waals surface area contributed by atoms with Crippen molar-refractivity contribution in [2.75, 3.05) is 19.6 Å². The lowest BCUT2D eigenvalue weighted by Crippen LogP contribution is -2.38. The third-order valence-electron chi connectivity index (χ3n) is 3.38. The van der Waals surface area contributed by atoms with E-state index in [0.717, 1.165) is 12.5 Å². The van der Waals surface area contributed by atoms with Crippen molar-refractivity contribution in [3.05, 3.63) is 0 Å². The van der Waals surface area contributed by atoms with Crippen molar-refractivity contribution in [2.24, 2.45) is 11.7 Å². The predicted molar refractivity (Wildman–Crippen MR) is 51.0 cm³/mol. The van der Waals surface area contributed by atoms with E-state index in [1.165, 1.54) is 38.8 Å². The number of nitrogens with zero attached hydrogens (tertiary/aromatic N) is 1. The average Bonchev–Trinajstić information content (AvgIpc) is 2.63. The molecule has 2 nitrogen and oxygen atoms in total. The molecule has 1 aliphatic heterocycles. The van der Waals surface area contributed by atoms with Crippen LogP contribution in [0.2, 0.25) is 0 Å². The predicted octanol–water partition coefficient (Wildman–Crippen LogP) is 1.21. The molecular formula is C10H20N2. The zero-order chi connectivity index (χ0) is 8.60. The molecule has 1 saturated heterocycles. The van der Waals surface area contributed by atoms with Crippen LogP contribution in [0.5, 0.6) is 0 Å². The van der Waals surface area contributed by atoms with Gasteiger partial charge in [-0.3, -0.25) is 0 Å². The molecule has 2 heteroatoms. The number of nitrogens with two attached hydrogens (primary N) is 1. The van der Waals surface area contributed by atoms with Gasteiger partial charge in [-0.2, -0.15) is 0 Å². The van der Waals surface area contributed by atoms with Crippen LogP contribution in [0.15, 0.2) is 0 Å². The lowest BCUT2D eigenvalue weighted by atomic mass is 10.1. The average molecular weight is 168 g/mol. The second kappa shape index (κ2) is 3.00. The van der Waals surface area contributed by atoms with Crippen LogP contribution >= 0.6 is 0 Å². The summed E-state index contributed by atoms with van der Waals surface area (Å²) in [5, 5.41) is 0. The molecule has 12 heavy (non-hydrogen) atoms. The maximum absolute atomic E-state index is 6.07. The van der Waals surface area contributed by atoms with E-state index in [1.54, 1.807) is 0 Å². The van der Waals surface area contributed by atoms with Gasteiger partial charge in [0, 0.05) is 18.6 Å². The molecule has 2 N–H and O–H groups in total. The zero-order valence-electron chi connectivity index (χ0n) is 8.05. The van der Waals surface area contributed by atoms with Gasteiger partial charge in [-0.1, -0.05) is 13.3 Å². The monoisotopic (exact) mass is 168 g/mol. The van der Waals surface area contributed by atoms with Crippen LogP contribution < -0.4 is 5.73 Å². The van der Waals surface area contributed by atoms with Crippen LogP contribution in [-0.4, -0.2) is 30.1 Å². The molecule has 0 bridgehead atoms. The Hall–Kier alpha value is -0.0800. The first-order chi connectivity index (χ1) is 5.72. The smallest absolute Gasteiger partial charge is 0.0284 e. The molecular weight excluding hydrogens is 148 g/mol. The van der Waals surface area contributed by atoms with Crippen molar-refractivity contribution in [2.45, 2.75) is 38.1 Å². The standard InChI is InChI=1S/C10H20N2/c1-2-9-3-6-12(7-9)8-10(11)4-5-10/h9H,2-8,11H2,1H3. The largest absolute Gasteiger partial charge is 0.324 e. The molecule has 0 aromatic carbocycles. The number of hydrogen-bond donors (Lipinski definition) is 1. The first kappa shape index (κ1) is 8.52. The zero-order valence-corrected chi connectivity index (χ0v) is 8.05. The van der Waals surface area contributed by atoms with Gasteiger partial charge in [0.2, 0.25) is 0 Å². The first-order valence-electron chi connectivity index (χ1n) is 5.23. The van der Waals surface area contributed by atoms with E-state index in [0.29, 0.717) is 0 Å². The summed E-state index contributed by atoms with van der Waals surface area (Å²) in [5.74, 6) is 0.951. The number of rotatable bonds is 3. The Morgan fingerprint density at radius 3 is 2.75 bits per heavy atom. The van der Waals surface area contributed by atoms with Gasteiger partial charge in [0.05, 0.1) is 0 Å². The Morgan fingerprint density at radius 2 is 2.25 bits per heavy atom. The van der Waals surface area contributed by atoms with E-state index in [1.807, 2.05) is 0 Å². The van der Waals surface area contributed by atoms with Gasteiger partial charge in [0.15, 0.2) is 0 Å². The van der Waals surface area contributed by atoms with Crippen LogP contribution in [0.4, 0.5) is 0 Å². The highest BCUT2D eigenvalue weighted by Crippen LogP contribution is 2.34. The van der Waals surface area contributed by atoms with Crippen LogP contribution in [0.3, 0.4) is 0 Å². The van der Waals surface area contributed by atoms with E-state index >= 15 is 0 Å². The fourth-order valence-electron chi connectivity index (χ4n) is 2.15. The van der Waals surface area contributed by atoms with Crippen molar-refractivity contribution in [3.8, 4) is 0 Å². The molecule has 2 fully saturated rings. The Labute approximate surface area is 75.1 Å². The highest BCUT2D eigenvalue weighted by atomic mass is 15.2. The quantitative estimate of drug-likeness (QED) is 0.686. The highest BCUT2D eigenvalue weighted by Gasteiger charge is 2.40. The molecule has 0 spiro atoms. The topological polar surface area (TPSA) is 29.3 Å². The van der Waals surface area contributed by atoms with Gasteiger partial charge in [-0.05, 0) is 31.7 Å². The summed E-state index contributed by atoms with van der Waals surface area (Å²) in [6, 6.07) is 0. The molecule has 2 aliphatic rings. The third-order valence-corrected chi connectivity index (χ3v) is 3.38. The molecule has 0 aromatic rings. The Bertz CT molecular complexity index is 163. The summed E-state index contributed by atoms with van der Waals surface area (Å²) < 4.78 is 0. The Morgan fingerprint density at radius 1 is 1.50 bits per heavy atom. The third kappa shape index (κ3) is 1.80. The summed E-state index contributed by atoms with van der Waals surface area (Å²) in [7, 11) is 0. The molecule has 1 unspecified atom stereocenters. The fourth-order valence-corrected chi connectivity index (χ4v) is 2.15. The summed E-state index contributed by atoms with van der Waals surface area (Å²) in [6.07, 6.45) is 5.24. The summed E-state index contributed by atoms with van der Waals surface area (Å²) in [6.45, 7) is 6.04. The maximum atomic E-state index is 6.07. The van der Waals surface area contributed by atoms with E-state index < -0.39 is 0 Å². The van der Waals surface area contributed by atoms with E-state index in [9.17, 15) is 0 Å². The maximum Gasteiger partial charge on any atom is 0.0284 e. The molecule has 70 valence electrons. The fraction of sp³-hybridized carbons (Fsp3) is 1.00. The van der Waals surface area contributed by atoms with Crippen molar-refractivity contribution in [1.29, 1.82) is 0 Å². The molecule has 0 amide bonds.